The van der Waals surface area contributed by atoms with Gasteiger partial charge in [-0.2, -0.15) is 0 Å². The van der Waals surface area contributed by atoms with Crippen LogP contribution in [0.5, 0.6) is 0 Å². The van der Waals surface area contributed by atoms with Crippen molar-refractivity contribution in [2.75, 3.05) is 20.2 Å². The lowest BCUT2D eigenvalue weighted by molar-refractivity contribution is -0.139. The molecule has 2 amide bonds. The molecule has 0 aromatic heterocycles. The van der Waals surface area contributed by atoms with Gasteiger partial charge in [0.05, 0.1) is 6.10 Å². The minimum Gasteiger partial charge on any atom is -0.479 e. The molecule has 1 saturated heterocycles. The average molecular weight is 292 g/mol. The highest BCUT2D eigenvalue weighted by Crippen LogP contribution is 2.16. The largest absolute Gasteiger partial charge is 0.479 e. The Hall–Kier alpha value is -2.08. The van der Waals surface area contributed by atoms with Crippen molar-refractivity contribution in [1.82, 2.24) is 10.2 Å². The molecule has 1 aromatic carbocycles. The van der Waals surface area contributed by atoms with Crippen molar-refractivity contribution >= 4 is 12.0 Å². The summed E-state index contributed by atoms with van der Waals surface area (Å²) in [6.45, 7) is 1.15. The van der Waals surface area contributed by atoms with E-state index in [1.165, 1.54) is 0 Å². The molecule has 0 aliphatic carbocycles. The molecule has 0 saturated carbocycles. The molecule has 2 rings (SSSR count). The minimum absolute atomic E-state index is 0.179. The van der Waals surface area contributed by atoms with Gasteiger partial charge in [0.2, 0.25) is 0 Å². The maximum absolute atomic E-state index is 12.2. The van der Waals surface area contributed by atoms with Gasteiger partial charge >= 0.3 is 12.0 Å². The summed E-state index contributed by atoms with van der Waals surface area (Å²) in [6.07, 6.45) is 1.72. The van der Waals surface area contributed by atoms with Gasteiger partial charge in [-0.1, -0.05) is 30.3 Å². The molecule has 0 spiro atoms. The maximum Gasteiger partial charge on any atom is 0.330 e. The molecule has 0 unspecified atom stereocenters. The van der Waals surface area contributed by atoms with Gasteiger partial charge < -0.3 is 20.1 Å². The number of aliphatic carboxylic acids is 1. The summed E-state index contributed by atoms with van der Waals surface area (Å²) < 4.78 is 5.26. The molecule has 6 nitrogen and oxygen atoms in total. The van der Waals surface area contributed by atoms with Gasteiger partial charge in [0.1, 0.15) is 0 Å². The molecule has 2 N–H and O–H groups in total. The lowest BCUT2D eigenvalue weighted by Crippen LogP contribution is -2.48. The van der Waals surface area contributed by atoms with Gasteiger partial charge in [-0.25, -0.2) is 9.59 Å². The summed E-state index contributed by atoms with van der Waals surface area (Å²) in [5.74, 6) is -1.07. The number of rotatable bonds is 4. The van der Waals surface area contributed by atoms with Crippen LogP contribution >= 0.6 is 0 Å². The van der Waals surface area contributed by atoms with Crippen LogP contribution in [0, 0.1) is 0 Å². The van der Waals surface area contributed by atoms with Crippen LogP contribution in [-0.4, -0.2) is 48.3 Å². The van der Waals surface area contributed by atoms with E-state index in [-0.39, 0.29) is 12.1 Å². The van der Waals surface area contributed by atoms with E-state index >= 15 is 0 Å². The second kappa shape index (κ2) is 7.08. The first-order valence-electron chi connectivity index (χ1n) is 6.98. The van der Waals surface area contributed by atoms with Crippen LogP contribution in [0.25, 0.3) is 0 Å². The van der Waals surface area contributed by atoms with E-state index in [1.54, 1.807) is 42.3 Å². The average Bonchev–Trinajstić information content (AvgIpc) is 2.53. The summed E-state index contributed by atoms with van der Waals surface area (Å²) in [4.78, 5) is 25.2. The Labute approximate surface area is 123 Å². The second-order valence-electron chi connectivity index (χ2n) is 5.05. The molecule has 1 aliphatic rings. The van der Waals surface area contributed by atoms with Crippen molar-refractivity contribution in [1.29, 1.82) is 0 Å². The van der Waals surface area contributed by atoms with E-state index in [0.29, 0.717) is 18.7 Å². The Morgan fingerprint density at radius 1 is 1.29 bits per heavy atom. The number of carbonyl (C=O) groups excluding carboxylic acids is 1. The van der Waals surface area contributed by atoms with Crippen LogP contribution in [0.3, 0.4) is 0 Å². The molecular weight excluding hydrogens is 272 g/mol. The summed E-state index contributed by atoms with van der Waals surface area (Å²) in [7, 11) is 1.66. The van der Waals surface area contributed by atoms with Crippen LogP contribution in [0.15, 0.2) is 30.3 Å². The number of carboxylic acids is 1. The van der Waals surface area contributed by atoms with Crippen molar-refractivity contribution < 1.29 is 19.4 Å². The quantitative estimate of drug-likeness (QED) is 0.884. The van der Waals surface area contributed by atoms with E-state index in [9.17, 15) is 14.7 Å². The van der Waals surface area contributed by atoms with E-state index in [4.69, 9.17) is 4.74 Å². The molecule has 0 bridgehead atoms. The van der Waals surface area contributed by atoms with Gasteiger partial charge in [-0.3, -0.25) is 0 Å². The van der Waals surface area contributed by atoms with Crippen LogP contribution in [0.4, 0.5) is 4.79 Å². The molecule has 1 heterocycles. The number of methoxy groups -OCH3 is 1. The highest BCUT2D eigenvalue weighted by atomic mass is 16.5. The summed E-state index contributed by atoms with van der Waals surface area (Å²) >= 11 is 0. The van der Waals surface area contributed by atoms with Crippen LogP contribution in [-0.2, 0) is 9.53 Å². The van der Waals surface area contributed by atoms with Crippen LogP contribution in [0.2, 0.25) is 0 Å². The smallest absolute Gasteiger partial charge is 0.330 e. The third kappa shape index (κ3) is 3.95. The number of amides is 2. The molecule has 1 aliphatic heterocycles. The first-order valence-corrected chi connectivity index (χ1v) is 6.98. The Bertz CT molecular complexity index is 484. The SMILES string of the molecule is COC1CCN(C(=O)N[C@H](C(=O)O)c2ccccc2)CC1. The Morgan fingerprint density at radius 3 is 2.43 bits per heavy atom. The highest BCUT2D eigenvalue weighted by Gasteiger charge is 2.27. The predicted molar refractivity (Wildman–Crippen MR) is 77.0 cm³/mol. The number of carbonyl (C=O) groups is 2. The van der Waals surface area contributed by atoms with Crippen molar-refractivity contribution in [3.8, 4) is 0 Å². The number of nitrogens with zero attached hydrogens (tertiary/aromatic N) is 1. The fraction of sp³-hybridized carbons (Fsp3) is 0.467. The lowest BCUT2D eigenvalue weighted by atomic mass is 10.1. The fourth-order valence-corrected chi connectivity index (χ4v) is 2.44. The van der Waals surface area contributed by atoms with Gasteiger partial charge in [-0.15, -0.1) is 0 Å². The monoisotopic (exact) mass is 292 g/mol. The molecule has 1 fully saturated rings. The Balaban J connectivity index is 1.98. The molecule has 0 radical (unpaired) electrons. The van der Waals surface area contributed by atoms with Crippen molar-refractivity contribution in [3.63, 3.8) is 0 Å². The number of likely N-dealkylation sites (tertiary alicyclic amines) is 1. The van der Waals surface area contributed by atoms with Gasteiger partial charge in [0.25, 0.3) is 0 Å². The first kappa shape index (κ1) is 15.3. The predicted octanol–water partition coefficient (Wildman–Crippen LogP) is 1.63. The van der Waals surface area contributed by atoms with E-state index < -0.39 is 12.0 Å². The summed E-state index contributed by atoms with van der Waals surface area (Å²) in [6, 6.07) is 7.31. The van der Waals surface area contributed by atoms with Gasteiger partial charge in [0, 0.05) is 20.2 Å². The number of piperidine rings is 1. The number of carboxylic acid groups (broad SMARTS) is 1. The number of nitrogens with one attached hydrogen (secondary N) is 1. The van der Waals surface area contributed by atoms with E-state index in [2.05, 4.69) is 5.32 Å². The normalized spacial score (nSPS) is 17.3. The zero-order chi connectivity index (χ0) is 15.2. The summed E-state index contributed by atoms with van der Waals surface area (Å²) in [5, 5.41) is 11.9. The number of benzene rings is 1. The molecule has 114 valence electrons. The molecule has 21 heavy (non-hydrogen) atoms. The summed E-state index contributed by atoms with van der Waals surface area (Å²) in [5.41, 5.74) is 0.560. The fourth-order valence-electron chi connectivity index (χ4n) is 2.44. The van der Waals surface area contributed by atoms with Gasteiger partial charge in [0.15, 0.2) is 6.04 Å². The van der Waals surface area contributed by atoms with Crippen LogP contribution < -0.4 is 5.32 Å². The number of hydrogen-bond donors (Lipinski definition) is 2. The van der Waals surface area contributed by atoms with E-state index in [0.717, 1.165) is 12.8 Å². The van der Waals surface area contributed by atoms with Crippen molar-refractivity contribution in [2.45, 2.75) is 25.0 Å². The maximum atomic E-state index is 12.2. The highest BCUT2D eigenvalue weighted by molar-refractivity contribution is 5.83. The Kier molecular flexibility index (Phi) is 5.16. The molecular formula is C15H20N2O4. The first-order chi connectivity index (χ1) is 10.1. The number of urea groups is 1. The Morgan fingerprint density at radius 2 is 1.90 bits per heavy atom. The zero-order valence-electron chi connectivity index (χ0n) is 12.0. The van der Waals surface area contributed by atoms with Crippen LogP contribution in [0.1, 0.15) is 24.4 Å². The van der Waals surface area contributed by atoms with Gasteiger partial charge in [-0.05, 0) is 18.4 Å². The number of ether oxygens (including phenoxy) is 1. The van der Waals surface area contributed by atoms with E-state index in [1.807, 2.05) is 0 Å². The zero-order valence-corrected chi connectivity index (χ0v) is 12.0. The minimum atomic E-state index is -1.07. The third-order valence-corrected chi connectivity index (χ3v) is 3.71. The number of hydrogen-bond acceptors (Lipinski definition) is 3. The molecule has 1 aromatic rings. The third-order valence-electron chi connectivity index (χ3n) is 3.71. The standard InChI is InChI=1S/C15H20N2O4/c1-21-12-7-9-17(10-8-12)15(20)16-13(14(18)19)11-5-3-2-4-6-11/h2-6,12-13H,7-10H2,1H3,(H,16,20)(H,18,19)/t13-/m0/s1. The topological polar surface area (TPSA) is 78.9 Å². The second-order valence-corrected chi connectivity index (χ2v) is 5.05. The molecule has 6 heteroatoms. The molecule has 1 atom stereocenters. The van der Waals surface area contributed by atoms with Crippen molar-refractivity contribution in [3.05, 3.63) is 35.9 Å². The van der Waals surface area contributed by atoms with Crippen molar-refractivity contribution in [2.24, 2.45) is 0 Å². The lowest BCUT2D eigenvalue weighted by Gasteiger charge is -2.32.